The molecule has 0 bridgehead atoms. The first-order valence-electron chi connectivity index (χ1n) is 8.73. The molecule has 0 heterocycles. The van der Waals surface area contributed by atoms with Gasteiger partial charge in [0.15, 0.2) is 19.7 Å². The minimum absolute atomic E-state index is 0.00673. The van der Waals surface area contributed by atoms with E-state index in [0.29, 0.717) is 5.69 Å². The normalized spacial score (nSPS) is 14.0. The molecule has 0 radical (unpaired) electrons. The average molecular weight is 410 g/mol. The van der Waals surface area contributed by atoms with Crippen LogP contribution in [0.25, 0.3) is 0 Å². The van der Waals surface area contributed by atoms with Gasteiger partial charge in [-0.15, -0.1) is 0 Å². The quantitative estimate of drug-likeness (QED) is 0.755. The van der Waals surface area contributed by atoms with Crippen LogP contribution in [0.2, 0.25) is 0 Å². The van der Waals surface area contributed by atoms with Crippen molar-refractivity contribution < 1.29 is 16.8 Å². The fourth-order valence-corrected chi connectivity index (χ4v) is 4.80. The SMILES string of the molecule is CCC(Nc1ccc(S(C)(=O)=O)cc1S(C)(=O)=O)C(C)(C)c1ccccc1. The molecule has 1 unspecified atom stereocenters. The second kappa shape index (κ2) is 7.64. The third kappa shape index (κ3) is 4.90. The van der Waals surface area contributed by atoms with Crippen LogP contribution in [-0.4, -0.2) is 35.4 Å². The van der Waals surface area contributed by atoms with Crippen LogP contribution in [0.1, 0.15) is 32.8 Å². The second-order valence-electron chi connectivity index (χ2n) is 7.40. The van der Waals surface area contributed by atoms with Crippen LogP contribution in [0.15, 0.2) is 58.3 Å². The van der Waals surface area contributed by atoms with Crippen molar-refractivity contribution in [1.82, 2.24) is 0 Å². The van der Waals surface area contributed by atoms with Crippen LogP contribution in [0.5, 0.6) is 0 Å². The Balaban J connectivity index is 2.51. The maximum absolute atomic E-state index is 12.3. The van der Waals surface area contributed by atoms with Crippen LogP contribution in [-0.2, 0) is 25.1 Å². The van der Waals surface area contributed by atoms with Crippen molar-refractivity contribution in [3.8, 4) is 0 Å². The predicted molar refractivity (Wildman–Crippen MR) is 110 cm³/mol. The summed E-state index contributed by atoms with van der Waals surface area (Å²) in [6.07, 6.45) is 2.91. The number of sulfone groups is 2. The average Bonchev–Trinajstić information content (AvgIpc) is 2.58. The molecular formula is C20H27NO4S2. The Kier molecular flexibility index (Phi) is 6.06. The fourth-order valence-electron chi connectivity index (χ4n) is 3.21. The van der Waals surface area contributed by atoms with E-state index in [0.717, 1.165) is 24.5 Å². The van der Waals surface area contributed by atoms with Gasteiger partial charge in [-0.3, -0.25) is 0 Å². The molecular weight excluding hydrogens is 382 g/mol. The molecule has 0 amide bonds. The zero-order chi connectivity index (χ0) is 20.5. The lowest BCUT2D eigenvalue weighted by Crippen LogP contribution is -2.39. The van der Waals surface area contributed by atoms with E-state index in [-0.39, 0.29) is 21.2 Å². The molecule has 2 aromatic carbocycles. The lowest BCUT2D eigenvalue weighted by atomic mass is 9.76. The minimum atomic E-state index is -3.61. The molecule has 0 saturated heterocycles. The molecule has 0 fully saturated rings. The van der Waals surface area contributed by atoms with Crippen molar-refractivity contribution in [2.45, 2.75) is 48.4 Å². The van der Waals surface area contributed by atoms with E-state index < -0.39 is 19.7 Å². The summed E-state index contributed by atoms with van der Waals surface area (Å²) in [6, 6.07) is 14.2. The lowest BCUT2D eigenvalue weighted by molar-refractivity contribution is 0.423. The van der Waals surface area contributed by atoms with E-state index in [2.05, 4.69) is 31.3 Å². The zero-order valence-electron chi connectivity index (χ0n) is 16.4. The third-order valence-corrected chi connectivity index (χ3v) is 7.15. The summed E-state index contributed by atoms with van der Waals surface area (Å²) in [5, 5.41) is 3.35. The van der Waals surface area contributed by atoms with Crippen LogP contribution < -0.4 is 5.32 Å². The first-order chi connectivity index (χ1) is 12.4. The van der Waals surface area contributed by atoms with E-state index in [1.165, 1.54) is 18.2 Å². The Labute approximate surface area is 162 Å². The standard InChI is InChI=1S/C20H27NO4S2/c1-6-19(20(2,3)15-10-8-7-9-11-15)21-17-13-12-16(26(4,22)23)14-18(17)27(5,24)25/h7-14,19,21H,6H2,1-5H3. The Morgan fingerprint density at radius 2 is 1.52 bits per heavy atom. The van der Waals surface area contributed by atoms with E-state index >= 15 is 0 Å². The largest absolute Gasteiger partial charge is 0.380 e. The summed E-state index contributed by atoms with van der Waals surface area (Å²) in [5.41, 5.74) is 1.29. The number of benzene rings is 2. The van der Waals surface area contributed by atoms with E-state index in [1.807, 2.05) is 25.1 Å². The van der Waals surface area contributed by atoms with Crippen molar-refractivity contribution in [2.24, 2.45) is 0 Å². The summed E-state index contributed by atoms with van der Waals surface area (Å²) in [7, 11) is -7.11. The summed E-state index contributed by atoms with van der Waals surface area (Å²) in [4.78, 5) is -0.0171. The molecule has 0 saturated carbocycles. The van der Waals surface area contributed by atoms with Crippen LogP contribution in [0.3, 0.4) is 0 Å². The Bertz CT molecular complexity index is 1010. The molecule has 148 valence electrons. The van der Waals surface area contributed by atoms with Gasteiger partial charge in [0.25, 0.3) is 0 Å². The first kappa shape index (κ1) is 21.4. The molecule has 0 aromatic heterocycles. The monoisotopic (exact) mass is 409 g/mol. The minimum Gasteiger partial charge on any atom is -0.380 e. The molecule has 0 aliphatic heterocycles. The highest BCUT2D eigenvalue weighted by molar-refractivity contribution is 7.91. The molecule has 2 aromatic rings. The summed E-state index contributed by atoms with van der Waals surface area (Å²) in [5.74, 6) is 0. The number of rotatable bonds is 7. The maximum Gasteiger partial charge on any atom is 0.177 e. The number of hydrogen-bond acceptors (Lipinski definition) is 5. The molecule has 27 heavy (non-hydrogen) atoms. The Morgan fingerprint density at radius 1 is 0.926 bits per heavy atom. The smallest absolute Gasteiger partial charge is 0.177 e. The molecule has 7 heteroatoms. The maximum atomic E-state index is 12.3. The highest BCUT2D eigenvalue weighted by Gasteiger charge is 2.31. The van der Waals surface area contributed by atoms with E-state index in [9.17, 15) is 16.8 Å². The van der Waals surface area contributed by atoms with Gasteiger partial charge in [-0.05, 0) is 30.2 Å². The Hall–Kier alpha value is -1.86. The predicted octanol–water partition coefficient (Wildman–Crippen LogP) is 3.66. The number of anilines is 1. The van der Waals surface area contributed by atoms with Crippen molar-refractivity contribution in [3.63, 3.8) is 0 Å². The van der Waals surface area contributed by atoms with Gasteiger partial charge in [-0.25, -0.2) is 16.8 Å². The Morgan fingerprint density at radius 3 is 2.00 bits per heavy atom. The molecule has 1 atom stereocenters. The molecule has 0 aliphatic carbocycles. The van der Waals surface area contributed by atoms with Gasteiger partial charge in [0, 0.05) is 24.0 Å². The van der Waals surface area contributed by atoms with Crippen LogP contribution >= 0.6 is 0 Å². The zero-order valence-corrected chi connectivity index (χ0v) is 18.0. The fraction of sp³-hybridized carbons (Fsp3) is 0.400. The van der Waals surface area contributed by atoms with Gasteiger partial charge in [-0.2, -0.15) is 0 Å². The first-order valence-corrected chi connectivity index (χ1v) is 12.5. The van der Waals surface area contributed by atoms with Crippen molar-refractivity contribution in [3.05, 3.63) is 54.1 Å². The molecule has 5 nitrogen and oxygen atoms in total. The van der Waals surface area contributed by atoms with Gasteiger partial charge >= 0.3 is 0 Å². The number of hydrogen-bond donors (Lipinski definition) is 1. The molecule has 0 aliphatic rings. The summed E-state index contributed by atoms with van der Waals surface area (Å²) >= 11 is 0. The van der Waals surface area contributed by atoms with Crippen LogP contribution in [0, 0.1) is 0 Å². The van der Waals surface area contributed by atoms with E-state index in [4.69, 9.17) is 0 Å². The second-order valence-corrected chi connectivity index (χ2v) is 11.4. The van der Waals surface area contributed by atoms with Crippen molar-refractivity contribution in [1.29, 1.82) is 0 Å². The highest BCUT2D eigenvalue weighted by atomic mass is 32.2. The summed E-state index contributed by atoms with van der Waals surface area (Å²) in [6.45, 7) is 6.25. The molecule has 0 spiro atoms. The highest BCUT2D eigenvalue weighted by Crippen LogP contribution is 2.33. The summed E-state index contributed by atoms with van der Waals surface area (Å²) < 4.78 is 48.2. The number of nitrogens with one attached hydrogen (secondary N) is 1. The molecule has 1 N–H and O–H groups in total. The van der Waals surface area contributed by atoms with E-state index in [1.54, 1.807) is 0 Å². The van der Waals surface area contributed by atoms with Gasteiger partial charge < -0.3 is 5.32 Å². The third-order valence-electron chi connectivity index (χ3n) is 4.91. The van der Waals surface area contributed by atoms with Crippen molar-refractivity contribution >= 4 is 25.4 Å². The lowest BCUT2D eigenvalue weighted by Gasteiger charge is -2.36. The van der Waals surface area contributed by atoms with Gasteiger partial charge in [0.2, 0.25) is 0 Å². The topological polar surface area (TPSA) is 80.3 Å². The van der Waals surface area contributed by atoms with Gasteiger partial charge in [-0.1, -0.05) is 51.1 Å². The van der Waals surface area contributed by atoms with Gasteiger partial charge in [0.05, 0.1) is 15.5 Å². The van der Waals surface area contributed by atoms with Gasteiger partial charge in [0.1, 0.15) is 0 Å². The van der Waals surface area contributed by atoms with Crippen LogP contribution in [0.4, 0.5) is 5.69 Å². The van der Waals surface area contributed by atoms with Crippen molar-refractivity contribution in [2.75, 3.05) is 17.8 Å². The molecule has 2 rings (SSSR count).